The van der Waals surface area contributed by atoms with Crippen LogP contribution in [-0.4, -0.2) is 32.5 Å². The van der Waals surface area contributed by atoms with E-state index in [1.807, 2.05) is 0 Å². The van der Waals surface area contributed by atoms with Gasteiger partial charge in [-0.25, -0.2) is 8.42 Å². The Morgan fingerprint density at radius 2 is 1.95 bits per heavy atom. The summed E-state index contributed by atoms with van der Waals surface area (Å²) in [6, 6.07) is 0.536. The molecule has 0 spiro atoms. The Bertz CT molecular complexity index is 353. The van der Waals surface area contributed by atoms with Gasteiger partial charge in [0.2, 0.25) is 0 Å². The van der Waals surface area contributed by atoms with Crippen LogP contribution >= 0.6 is 0 Å². The van der Waals surface area contributed by atoms with Crippen LogP contribution in [0.2, 0.25) is 0 Å². The number of hydrogen-bond acceptors (Lipinski definition) is 3. The number of nitrogens with one attached hydrogen (secondary N) is 1. The summed E-state index contributed by atoms with van der Waals surface area (Å²) in [5.41, 5.74) is 0. The molecule has 4 atom stereocenters. The normalized spacial score (nSPS) is 28.0. The molecule has 114 valence electrons. The molecule has 0 aromatic rings. The minimum absolute atomic E-state index is 0.0902. The summed E-state index contributed by atoms with van der Waals surface area (Å²) in [5, 5.41) is 3.44. The summed E-state index contributed by atoms with van der Waals surface area (Å²) >= 11 is 0. The molecule has 1 rings (SSSR count). The number of sulfone groups is 1. The molecule has 4 unspecified atom stereocenters. The van der Waals surface area contributed by atoms with Gasteiger partial charge in [-0.1, -0.05) is 26.7 Å². The topological polar surface area (TPSA) is 46.2 Å². The van der Waals surface area contributed by atoms with E-state index in [-0.39, 0.29) is 5.25 Å². The second-order valence-electron chi connectivity index (χ2n) is 6.45. The van der Waals surface area contributed by atoms with Crippen molar-refractivity contribution < 1.29 is 8.42 Å². The zero-order valence-corrected chi connectivity index (χ0v) is 13.8. The Kier molecular flexibility index (Phi) is 6.81. The minimum Gasteiger partial charge on any atom is -0.314 e. The van der Waals surface area contributed by atoms with Crippen LogP contribution in [0.4, 0.5) is 0 Å². The molecule has 0 radical (unpaired) electrons. The highest BCUT2D eigenvalue weighted by Crippen LogP contribution is 2.34. The van der Waals surface area contributed by atoms with Crippen LogP contribution in [-0.2, 0) is 9.84 Å². The third-order valence-electron chi connectivity index (χ3n) is 4.55. The predicted molar refractivity (Wildman–Crippen MR) is 82.1 cm³/mol. The lowest BCUT2D eigenvalue weighted by molar-refractivity contribution is 0.237. The first kappa shape index (κ1) is 17.0. The molecule has 3 nitrogen and oxygen atoms in total. The van der Waals surface area contributed by atoms with Gasteiger partial charge in [0.25, 0.3) is 0 Å². The van der Waals surface area contributed by atoms with Gasteiger partial charge in [-0.3, -0.25) is 0 Å². The molecule has 1 N–H and O–H groups in total. The van der Waals surface area contributed by atoms with Crippen molar-refractivity contribution in [2.45, 2.75) is 70.6 Å². The summed E-state index contributed by atoms with van der Waals surface area (Å²) in [4.78, 5) is 0. The summed E-state index contributed by atoms with van der Waals surface area (Å²) in [5.74, 6) is 1.20. The molecule has 0 aromatic heterocycles. The Balaban J connectivity index is 2.46. The minimum atomic E-state index is -2.85. The fourth-order valence-electron chi connectivity index (χ4n) is 3.31. The van der Waals surface area contributed by atoms with Crippen LogP contribution in [0.25, 0.3) is 0 Å². The van der Waals surface area contributed by atoms with Crippen LogP contribution in [0.1, 0.15) is 59.3 Å². The van der Waals surface area contributed by atoms with Crippen LogP contribution in [0.5, 0.6) is 0 Å². The quantitative estimate of drug-likeness (QED) is 0.783. The first-order valence-electron chi connectivity index (χ1n) is 7.76. The van der Waals surface area contributed by atoms with Gasteiger partial charge in [-0.05, 0) is 51.0 Å². The van der Waals surface area contributed by atoms with Crippen molar-refractivity contribution in [2.24, 2.45) is 11.8 Å². The van der Waals surface area contributed by atoms with Crippen molar-refractivity contribution in [3.8, 4) is 0 Å². The van der Waals surface area contributed by atoms with Gasteiger partial charge < -0.3 is 5.32 Å². The monoisotopic (exact) mass is 289 g/mol. The van der Waals surface area contributed by atoms with Crippen molar-refractivity contribution >= 4 is 9.84 Å². The van der Waals surface area contributed by atoms with E-state index in [9.17, 15) is 8.42 Å². The van der Waals surface area contributed by atoms with Crippen molar-refractivity contribution in [3.05, 3.63) is 0 Å². The van der Waals surface area contributed by atoms with Crippen molar-refractivity contribution in [1.82, 2.24) is 5.32 Å². The molecule has 1 saturated carbocycles. The van der Waals surface area contributed by atoms with E-state index >= 15 is 0 Å². The highest BCUT2D eigenvalue weighted by atomic mass is 32.2. The zero-order valence-electron chi connectivity index (χ0n) is 13.0. The van der Waals surface area contributed by atoms with Crippen LogP contribution in [0.3, 0.4) is 0 Å². The average Bonchev–Trinajstić information content (AvgIpc) is 2.35. The summed E-state index contributed by atoms with van der Waals surface area (Å²) in [6.45, 7) is 7.79. The summed E-state index contributed by atoms with van der Waals surface area (Å²) in [6.07, 6.45) is 7.74. The molecular formula is C15H31NO2S. The van der Waals surface area contributed by atoms with Crippen molar-refractivity contribution in [3.63, 3.8) is 0 Å². The van der Waals surface area contributed by atoms with Crippen LogP contribution in [0, 0.1) is 11.8 Å². The fraction of sp³-hybridized carbons (Fsp3) is 1.00. The first-order valence-corrected chi connectivity index (χ1v) is 9.72. The van der Waals surface area contributed by atoms with Crippen molar-refractivity contribution in [1.29, 1.82) is 0 Å². The van der Waals surface area contributed by atoms with Gasteiger partial charge in [0.15, 0.2) is 0 Å². The predicted octanol–water partition coefficient (Wildman–Crippen LogP) is 3.00. The van der Waals surface area contributed by atoms with E-state index in [2.05, 4.69) is 26.1 Å². The van der Waals surface area contributed by atoms with E-state index < -0.39 is 9.84 Å². The molecule has 1 aliphatic carbocycles. The maximum absolute atomic E-state index is 11.7. The molecule has 0 saturated heterocycles. The van der Waals surface area contributed by atoms with Gasteiger partial charge in [0, 0.05) is 12.3 Å². The van der Waals surface area contributed by atoms with E-state index in [0.29, 0.717) is 17.9 Å². The molecule has 0 bridgehead atoms. The van der Waals surface area contributed by atoms with E-state index in [0.717, 1.165) is 38.6 Å². The average molecular weight is 289 g/mol. The van der Waals surface area contributed by atoms with Gasteiger partial charge in [0.1, 0.15) is 9.84 Å². The molecule has 0 aromatic carbocycles. The Hall–Kier alpha value is -0.0900. The zero-order chi connectivity index (χ0) is 14.5. The Morgan fingerprint density at radius 1 is 1.26 bits per heavy atom. The van der Waals surface area contributed by atoms with Crippen LogP contribution < -0.4 is 5.32 Å². The fourth-order valence-corrected chi connectivity index (χ4v) is 4.50. The van der Waals surface area contributed by atoms with E-state index in [1.54, 1.807) is 0 Å². The molecule has 4 heteroatoms. The summed E-state index contributed by atoms with van der Waals surface area (Å²) < 4.78 is 23.4. The lowest BCUT2D eigenvalue weighted by Gasteiger charge is -2.33. The lowest BCUT2D eigenvalue weighted by atomic mass is 9.78. The highest BCUT2D eigenvalue weighted by Gasteiger charge is 2.31. The highest BCUT2D eigenvalue weighted by molar-refractivity contribution is 7.91. The molecule has 1 aliphatic rings. The molecule has 1 fully saturated rings. The van der Waals surface area contributed by atoms with Crippen LogP contribution in [0.15, 0.2) is 0 Å². The maximum atomic E-state index is 11.7. The van der Waals surface area contributed by atoms with Crippen molar-refractivity contribution in [2.75, 3.05) is 12.8 Å². The first-order chi connectivity index (χ1) is 8.84. The molecule has 0 heterocycles. The third-order valence-corrected chi connectivity index (χ3v) is 6.18. The molecule has 0 amide bonds. The number of hydrogen-bond donors (Lipinski definition) is 1. The Labute approximate surface area is 119 Å². The molecule has 0 aliphatic heterocycles. The second kappa shape index (κ2) is 7.63. The van der Waals surface area contributed by atoms with Gasteiger partial charge in [-0.15, -0.1) is 0 Å². The smallest absolute Gasteiger partial charge is 0.150 e. The molecular weight excluding hydrogens is 258 g/mol. The van der Waals surface area contributed by atoms with E-state index in [1.165, 1.54) is 12.7 Å². The summed E-state index contributed by atoms with van der Waals surface area (Å²) in [7, 11) is -2.85. The van der Waals surface area contributed by atoms with Gasteiger partial charge in [-0.2, -0.15) is 0 Å². The lowest BCUT2D eigenvalue weighted by Crippen LogP contribution is -2.34. The second-order valence-corrected chi connectivity index (χ2v) is 8.77. The van der Waals surface area contributed by atoms with E-state index in [4.69, 9.17) is 0 Å². The van der Waals surface area contributed by atoms with Gasteiger partial charge >= 0.3 is 0 Å². The van der Waals surface area contributed by atoms with Gasteiger partial charge in [0.05, 0.1) is 5.25 Å². The number of rotatable bonds is 7. The largest absolute Gasteiger partial charge is 0.314 e. The standard InChI is InChI=1S/C15H31NO2S/c1-5-9-16-13(3)10-12(2)14-7-6-8-15(11-14)19(4,17)18/h12-16H,5-11H2,1-4H3. The maximum Gasteiger partial charge on any atom is 0.150 e. The Morgan fingerprint density at radius 3 is 2.53 bits per heavy atom. The third kappa shape index (κ3) is 5.82. The SMILES string of the molecule is CCCNC(C)CC(C)C1CCCC(S(C)(=O)=O)C1. The molecule has 19 heavy (non-hydrogen) atoms.